The van der Waals surface area contributed by atoms with E-state index in [-0.39, 0.29) is 5.78 Å². The summed E-state index contributed by atoms with van der Waals surface area (Å²) in [5, 5.41) is 12.0. The molecule has 2 saturated heterocycles. The van der Waals surface area contributed by atoms with Crippen molar-refractivity contribution in [1.29, 1.82) is 0 Å². The molecule has 1 N–H and O–H groups in total. The quantitative estimate of drug-likeness (QED) is 0.790. The van der Waals surface area contributed by atoms with Crippen LogP contribution in [-0.2, 0) is 20.1 Å². The van der Waals surface area contributed by atoms with E-state index < -0.39 is 28.8 Å². The van der Waals surface area contributed by atoms with E-state index in [0.29, 0.717) is 24.1 Å². The molecule has 1 spiro atoms. The molecule has 0 radical (unpaired) electrons. The third kappa shape index (κ3) is 1.83. The van der Waals surface area contributed by atoms with Crippen LogP contribution in [0.1, 0.15) is 39.6 Å². The Balaban J connectivity index is 1.84. The fourth-order valence-corrected chi connectivity index (χ4v) is 5.86. The second-order valence-electron chi connectivity index (χ2n) is 8.27. The van der Waals surface area contributed by atoms with Crippen LogP contribution in [0, 0.1) is 12.3 Å². The molecule has 2 aliphatic heterocycles. The van der Waals surface area contributed by atoms with Crippen LogP contribution < -0.4 is 0 Å². The lowest BCUT2D eigenvalue weighted by Gasteiger charge is -2.42. The number of Topliss-reactive ketones (excluding diaryl/α,β-unsaturated/α-hetero) is 1. The molecule has 6 heteroatoms. The third-order valence-corrected chi connectivity index (χ3v) is 7.08. The third-order valence-electron chi connectivity index (χ3n) is 7.08. The molecule has 0 bridgehead atoms. The summed E-state index contributed by atoms with van der Waals surface area (Å²) in [6.45, 7) is 2.44. The number of likely N-dealkylation sites (tertiary alicyclic amines) is 1. The van der Waals surface area contributed by atoms with E-state index in [1.54, 1.807) is 36.2 Å². The summed E-state index contributed by atoms with van der Waals surface area (Å²) in [7, 11) is 3.08. The van der Waals surface area contributed by atoms with E-state index in [4.69, 9.17) is 9.47 Å². The molecule has 0 unspecified atom stereocenters. The summed E-state index contributed by atoms with van der Waals surface area (Å²) in [4.78, 5) is 29.0. The van der Waals surface area contributed by atoms with Crippen molar-refractivity contribution in [2.75, 3.05) is 20.7 Å². The lowest BCUT2D eigenvalue weighted by Crippen LogP contribution is -2.65. The highest BCUT2D eigenvalue weighted by atomic mass is 16.6. The van der Waals surface area contributed by atoms with E-state index in [1.807, 2.05) is 31.2 Å². The summed E-state index contributed by atoms with van der Waals surface area (Å²) in [6.07, 6.45) is -0.473. The zero-order chi connectivity index (χ0) is 20.6. The van der Waals surface area contributed by atoms with Crippen molar-refractivity contribution in [1.82, 2.24) is 4.90 Å². The molecule has 4 atom stereocenters. The Labute approximate surface area is 169 Å². The van der Waals surface area contributed by atoms with Crippen molar-refractivity contribution in [3.05, 3.63) is 70.8 Å². The standard InChI is InChI=1S/C23H23NO5/c1-14-8-10-15(11-9-14)19-21(20(26)28-3)12-13-24(2)22(21)18(25)16-6-4-5-7-17(16)23(22,27)29-19/h4-11,19,27H,12-13H2,1-3H3/t19-,21+,22+,23-/m0/s1. The minimum Gasteiger partial charge on any atom is -0.468 e. The smallest absolute Gasteiger partial charge is 0.317 e. The first-order valence-electron chi connectivity index (χ1n) is 9.75. The van der Waals surface area contributed by atoms with Crippen LogP contribution in [0.3, 0.4) is 0 Å². The van der Waals surface area contributed by atoms with Crippen LogP contribution in [0.5, 0.6) is 0 Å². The first-order chi connectivity index (χ1) is 13.8. The second kappa shape index (κ2) is 5.75. The molecule has 0 amide bonds. The molecule has 150 valence electrons. The molecule has 0 saturated carbocycles. The average Bonchev–Trinajstić information content (AvgIpc) is 3.25. The molecule has 6 nitrogen and oxygen atoms in total. The van der Waals surface area contributed by atoms with E-state index in [9.17, 15) is 14.7 Å². The number of aliphatic hydroxyl groups is 1. The first-order valence-corrected chi connectivity index (χ1v) is 9.75. The number of esters is 1. The minimum absolute atomic E-state index is 0.296. The lowest BCUT2D eigenvalue weighted by atomic mass is 9.63. The zero-order valence-corrected chi connectivity index (χ0v) is 16.6. The number of benzene rings is 2. The highest BCUT2D eigenvalue weighted by Gasteiger charge is 2.86. The Morgan fingerprint density at radius 1 is 1.21 bits per heavy atom. The molecular formula is C23H23NO5. The largest absolute Gasteiger partial charge is 0.468 e. The van der Waals surface area contributed by atoms with Gasteiger partial charge in [0, 0.05) is 17.7 Å². The van der Waals surface area contributed by atoms with Crippen molar-refractivity contribution in [2.24, 2.45) is 5.41 Å². The van der Waals surface area contributed by atoms with Gasteiger partial charge in [-0.05, 0) is 26.0 Å². The number of nitrogens with zero attached hydrogens (tertiary/aromatic N) is 1. The van der Waals surface area contributed by atoms with Crippen molar-refractivity contribution in [3.63, 3.8) is 0 Å². The molecular weight excluding hydrogens is 370 g/mol. The van der Waals surface area contributed by atoms with Gasteiger partial charge in [0.1, 0.15) is 11.5 Å². The van der Waals surface area contributed by atoms with Gasteiger partial charge in [0.15, 0.2) is 11.3 Å². The van der Waals surface area contributed by atoms with E-state index in [0.717, 1.165) is 11.1 Å². The number of carbonyl (C=O) groups is 2. The topological polar surface area (TPSA) is 76.1 Å². The van der Waals surface area contributed by atoms with Gasteiger partial charge in [-0.2, -0.15) is 0 Å². The number of hydrogen-bond donors (Lipinski definition) is 1. The van der Waals surface area contributed by atoms with Crippen molar-refractivity contribution >= 4 is 11.8 Å². The molecule has 2 aromatic rings. The Morgan fingerprint density at radius 3 is 2.59 bits per heavy atom. The second-order valence-corrected chi connectivity index (χ2v) is 8.27. The maximum Gasteiger partial charge on any atom is 0.317 e. The van der Waals surface area contributed by atoms with Crippen LogP contribution in [-0.4, -0.2) is 48.0 Å². The predicted molar refractivity (Wildman–Crippen MR) is 104 cm³/mol. The number of methoxy groups -OCH3 is 1. The van der Waals surface area contributed by atoms with E-state index >= 15 is 0 Å². The monoisotopic (exact) mass is 393 g/mol. The maximum atomic E-state index is 13.9. The van der Waals surface area contributed by atoms with Crippen molar-refractivity contribution < 1.29 is 24.2 Å². The number of aryl methyl sites for hydroxylation is 1. The average molecular weight is 393 g/mol. The van der Waals surface area contributed by atoms with E-state index in [1.165, 1.54) is 7.11 Å². The number of ketones is 1. The summed E-state index contributed by atoms with van der Waals surface area (Å²) in [5.74, 6) is -2.78. The molecule has 2 aromatic carbocycles. The van der Waals surface area contributed by atoms with Crippen LogP contribution >= 0.6 is 0 Å². The van der Waals surface area contributed by atoms with Crippen LogP contribution in [0.2, 0.25) is 0 Å². The molecule has 3 aliphatic rings. The predicted octanol–water partition coefficient (Wildman–Crippen LogP) is 2.34. The van der Waals surface area contributed by atoms with Gasteiger partial charge in [-0.15, -0.1) is 0 Å². The molecule has 2 fully saturated rings. The number of carbonyl (C=O) groups excluding carboxylic acids is 2. The number of ether oxygens (including phenoxy) is 2. The van der Waals surface area contributed by atoms with Gasteiger partial charge in [-0.3, -0.25) is 14.5 Å². The maximum absolute atomic E-state index is 13.9. The SMILES string of the molecule is COC(=O)[C@]12CCN(C)[C@]13C(=O)c1ccccc1[C@]3(O)O[C@H]2c1ccc(C)cc1. The number of likely N-dealkylation sites (N-methyl/N-ethyl adjacent to an activating group) is 1. The number of fused-ring (bicyclic) bond motifs is 2. The molecule has 0 aromatic heterocycles. The highest BCUT2D eigenvalue weighted by molar-refractivity contribution is 6.13. The van der Waals surface area contributed by atoms with Gasteiger partial charge in [0.05, 0.1) is 7.11 Å². The Kier molecular flexibility index (Phi) is 3.67. The van der Waals surface area contributed by atoms with Gasteiger partial charge in [-0.1, -0.05) is 54.1 Å². The van der Waals surface area contributed by atoms with Crippen LogP contribution in [0.15, 0.2) is 48.5 Å². The number of hydrogen-bond acceptors (Lipinski definition) is 6. The van der Waals surface area contributed by atoms with Gasteiger partial charge >= 0.3 is 5.97 Å². The fraction of sp³-hybridized carbons (Fsp3) is 0.391. The lowest BCUT2D eigenvalue weighted by molar-refractivity contribution is -0.235. The fourth-order valence-electron chi connectivity index (χ4n) is 5.86. The van der Waals surface area contributed by atoms with Crippen LogP contribution in [0.25, 0.3) is 0 Å². The van der Waals surface area contributed by atoms with Crippen molar-refractivity contribution in [2.45, 2.75) is 30.8 Å². The normalized spacial score (nSPS) is 35.3. The van der Waals surface area contributed by atoms with Gasteiger partial charge in [0.2, 0.25) is 5.79 Å². The van der Waals surface area contributed by atoms with Gasteiger partial charge < -0.3 is 14.6 Å². The first kappa shape index (κ1) is 18.5. The summed E-state index contributed by atoms with van der Waals surface area (Å²) >= 11 is 0. The molecule has 1 aliphatic carbocycles. The van der Waals surface area contributed by atoms with E-state index in [2.05, 4.69) is 0 Å². The Morgan fingerprint density at radius 2 is 1.90 bits per heavy atom. The summed E-state index contributed by atoms with van der Waals surface area (Å²) in [5.41, 5.74) is -0.342. The molecule has 29 heavy (non-hydrogen) atoms. The summed E-state index contributed by atoms with van der Waals surface area (Å²) < 4.78 is 11.6. The molecule has 2 heterocycles. The zero-order valence-electron chi connectivity index (χ0n) is 16.6. The highest BCUT2D eigenvalue weighted by Crippen LogP contribution is 2.71. The number of rotatable bonds is 2. The van der Waals surface area contributed by atoms with Crippen LogP contribution in [0.4, 0.5) is 0 Å². The van der Waals surface area contributed by atoms with Gasteiger partial charge in [-0.25, -0.2) is 0 Å². The van der Waals surface area contributed by atoms with Crippen molar-refractivity contribution in [3.8, 4) is 0 Å². The Bertz CT molecular complexity index is 1030. The molecule has 5 rings (SSSR count). The Hall–Kier alpha value is -2.54. The minimum atomic E-state index is -1.95. The van der Waals surface area contributed by atoms with Gasteiger partial charge in [0.25, 0.3) is 0 Å². The summed E-state index contributed by atoms with van der Waals surface area (Å²) in [6, 6.07) is 14.5.